The molecular formula is C24H45NNaO6S. The molecule has 189 valence electrons. The van der Waals surface area contributed by atoms with Crippen LogP contribution < -0.4 is 0 Å². The third-order valence-corrected chi connectivity index (χ3v) is 6.25. The quantitative estimate of drug-likeness (QED) is 0.139. The van der Waals surface area contributed by atoms with Crippen molar-refractivity contribution < 1.29 is 28.3 Å². The molecule has 33 heavy (non-hydrogen) atoms. The zero-order chi connectivity index (χ0) is 24.1. The van der Waals surface area contributed by atoms with E-state index >= 15 is 0 Å². The van der Waals surface area contributed by atoms with Gasteiger partial charge in [0.1, 0.15) is 0 Å². The Morgan fingerprint density at radius 1 is 0.727 bits per heavy atom. The predicted octanol–water partition coefficient (Wildman–Crippen LogP) is 3.28. The second kappa shape index (κ2) is 23.7. The first-order valence-electron chi connectivity index (χ1n) is 12.0. The molecule has 7 nitrogen and oxygen atoms in total. The van der Waals surface area contributed by atoms with Gasteiger partial charge in [0.2, 0.25) is 0 Å². The Bertz CT molecular complexity index is 646. The smallest absolute Gasteiger partial charge is 0.294 e. The number of hydrogen-bond donors (Lipinski definition) is 4. The van der Waals surface area contributed by atoms with Gasteiger partial charge in [-0.3, -0.25) is 9.45 Å². The second-order valence-electron chi connectivity index (χ2n) is 8.03. The molecular weight excluding hydrogens is 453 g/mol. The number of hydrogen-bond acceptors (Lipinski definition) is 6. The Kier molecular flexibility index (Phi) is 25.2. The summed E-state index contributed by atoms with van der Waals surface area (Å²) >= 11 is 0. The zero-order valence-electron chi connectivity index (χ0n) is 20.8. The fraction of sp³-hybridized carbons (Fsp3) is 0.750. The van der Waals surface area contributed by atoms with E-state index < -0.39 is 10.1 Å². The maximum Gasteiger partial charge on any atom is 0.294 e. The van der Waals surface area contributed by atoms with Gasteiger partial charge >= 0.3 is 0 Å². The predicted molar refractivity (Wildman–Crippen MR) is 135 cm³/mol. The molecule has 1 rings (SSSR count). The van der Waals surface area contributed by atoms with Gasteiger partial charge in [-0.2, -0.15) is 8.42 Å². The Morgan fingerprint density at radius 2 is 1.15 bits per heavy atom. The summed E-state index contributed by atoms with van der Waals surface area (Å²) in [5.74, 6) is 0. The van der Waals surface area contributed by atoms with E-state index in [9.17, 15) is 13.0 Å². The van der Waals surface area contributed by atoms with Gasteiger partial charge in [-0.1, -0.05) is 82.9 Å². The van der Waals surface area contributed by atoms with E-state index in [2.05, 4.69) is 6.92 Å². The van der Waals surface area contributed by atoms with Crippen molar-refractivity contribution in [2.24, 2.45) is 0 Å². The first-order chi connectivity index (χ1) is 15.4. The number of unbranched alkanes of at least 4 members (excludes halogenated alkanes) is 9. The molecule has 0 fully saturated rings. The summed E-state index contributed by atoms with van der Waals surface area (Å²) in [5, 5.41) is 25.5. The van der Waals surface area contributed by atoms with E-state index in [1.54, 1.807) is 17.0 Å². The van der Waals surface area contributed by atoms with Crippen LogP contribution in [0.15, 0.2) is 29.2 Å². The van der Waals surface area contributed by atoms with Crippen molar-refractivity contribution in [2.75, 3.05) is 39.5 Å². The Balaban J connectivity index is 0. The number of benzene rings is 1. The van der Waals surface area contributed by atoms with Crippen molar-refractivity contribution in [2.45, 2.75) is 82.4 Å². The third kappa shape index (κ3) is 19.9. The van der Waals surface area contributed by atoms with Crippen molar-refractivity contribution >= 4 is 39.7 Å². The van der Waals surface area contributed by atoms with Gasteiger partial charge in [0, 0.05) is 49.2 Å². The van der Waals surface area contributed by atoms with Gasteiger partial charge in [0.15, 0.2) is 0 Å². The molecule has 0 aliphatic rings. The average Bonchev–Trinajstić information content (AvgIpc) is 2.76. The molecule has 4 N–H and O–H groups in total. The van der Waals surface area contributed by atoms with Crippen LogP contribution in [0.2, 0.25) is 0 Å². The minimum absolute atomic E-state index is 0. The summed E-state index contributed by atoms with van der Waals surface area (Å²) in [6.07, 6.45) is 13.3. The van der Waals surface area contributed by atoms with E-state index in [0.29, 0.717) is 26.1 Å². The number of aliphatic hydroxyl groups excluding tert-OH is 3. The summed E-state index contributed by atoms with van der Waals surface area (Å²) in [4.78, 5) is 1.85. The van der Waals surface area contributed by atoms with E-state index in [0.717, 1.165) is 18.4 Å². The number of aryl methyl sites for hydroxylation is 1. The molecule has 0 aliphatic carbocycles. The minimum atomic E-state index is -4.10. The fourth-order valence-corrected chi connectivity index (χ4v) is 4.28. The molecule has 1 radical (unpaired) electrons. The summed E-state index contributed by atoms with van der Waals surface area (Å²) in [6, 6.07) is 6.73. The molecule has 0 unspecified atom stereocenters. The van der Waals surface area contributed by atoms with Crippen LogP contribution in [-0.2, 0) is 16.5 Å². The molecule has 0 saturated carbocycles. The van der Waals surface area contributed by atoms with E-state index in [1.165, 1.54) is 57.4 Å². The van der Waals surface area contributed by atoms with Crippen LogP contribution in [0.3, 0.4) is 0 Å². The van der Waals surface area contributed by atoms with Crippen LogP contribution >= 0.6 is 0 Å². The van der Waals surface area contributed by atoms with Crippen LogP contribution in [0.4, 0.5) is 0 Å². The second-order valence-corrected chi connectivity index (χ2v) is 9.42. The minimum Gasteiger partial charge on any atom is -0.395 e. The number of rotatable bonds is 18. The van der Waals surface area contributed by atoms with Crippen LogP contribution in [0.25, 0.3) is 0 Å². The molecule has 1 aromatic rings. The van der Waals surface area contributed by atoms with E-state index in [4.69, 9.17) is 15.3 Å². The van der Waals surface area contributed by atoms with Crippen molar-refractivity contribution in [3.63, 3.8) is 0 Å². The van der Waals surface area contributed by atoms with E-state index in [-0.39, 0.29) is 54.3 Å². The zero-order valence-corrected chi connectivity index (χ0v) is 23.6. The maximum absolute atomic E-state index is 11.3. The van der Waals surface area contributed by atoms with Crippen molar-refractivity contribution in [1.82, 2.24) is 4.90 Å². The first kappa shape index (κ1) is 35.1. The van der Waals surface area contributed by atoms with Crippen molar-refractivity contribution in [3.05, 3.63) is 29.8 Å². The standard InChI is InChI=1S/C18H30O3S.C6H15NO3.Na/c1-2-3-4-5-6-7-8-9-10-11-14-17-15-12-13-16-18(17)22(19,20)21;8-4-1-7(2-5-9)3-6-10;/h12-13,15-16H,2-11,14H2,1H3,(H,19,20,21);8-10H,1-6H2;. The van der Waals surface area contributed by atoms with Crippen LogP contribution in [0, 0.1) is 0 Å². The largest absolute Gasteiger partial charge is 0.395 e. The molecule has 0 aliphatic heterocycles. The van der Waals surface area contributed by atoms with E-state index in [1.807, 2.05) is 6.07 Å². The maximum atomic E-state index is 11.3. The normalized spacial score (nSPS) is 11.1. The monoisotopic (exact) mass is 498 g/mol. The number of aliphatic hydroxyl groups is 3. The number of nitrogens with zero attached hydrogens (tertiary/aromatic N) is 1. The van der Waals surface area contributed by atoms with Crippen LogP contribution in [0.5, 0.6) is 0 Å². The van der Waals surface area contributed by atoms with Gasteiger partial charge < -0.3 is 15.3 Å². The van der Waals surface area contributed by atoms with Crippen LogP contribution in [-0.4, -0.2) is 102 Å². The van der Waals surface area contributed by atoms with Gasteiger partial charge in [-0.05, 0) is 24.5 Å². The summed E-state index contributed by atoms with van der Waals surface area (Å²) in [6.45, 7) is 3.99. The van der Waals surface area contributed by atoms with Crippen molar-refractivity contribution in [3.8, 4) is 0 Å². The molecule has 9 heteroatoms. The Morgan fingerprint density at radius 3 is 1.58 bits per heavy atom. The molecule has 0 amide bonds. The molecule has 0 aromatic heterocycles. The molecule has 0 bridgehead atoms. The summed E-state index contributed by atoms with van der Waals surface area (Å²) in [7, 11) is -4.10. The Labute approximate surface area is 223 Å². The third-order valence-electron chi connectivity index (χ3n) is 5.30. The first-order valence-corrected chi connectivity index (χ1v) is 13.4. The molecule has 0 saturated heterocycles. The van der Waals surface area contributed by atoms with Crippen LogP contribution in [0.1, 0.15) is 76.7 Å². The summed E-state index contributed by atoms with van der Waals surface area (Å²) in [5.41, 5.74) is 0.726. The molecule has 0 heterocycles. The summed E-state index contributed by atoms with van der Waals surface area (Å²) < 4.78 is 31.8. The topological polar surface area (TPSA) is 118 Å². The van der Waals surface area contributed by atoms with Gasteiger partial charge in [-0.15, -0.1) is 0 Å². The molecule has 1 aromatic carbocycles. The molecule has 0 spiro atoms. The van der Waals surface area contributed by atoms with Gasteiger partial charge in [-0.25, -0.2) is 0 Å². The van der Waals surface area contributed by atoms with Gasteiger partial charge in [0.25, 0.3) is 10.1 Å². The Hall–Kier alpha value is -0.0300. The average molecular weight is 499 g/mol. The SMILES string of the molecule is CCCCCCCCCCCCc1ccccc1S(=O)(=O)O.OCCN(CCO)CCO.[Na]. The van der Waals surface area contributed by atoms with Gasteiger partial charge in [0.05, 0.1) is 24.7 Å². The van der Waals surface area contributed by atoms with Crippen molar-refractivity contribution in [1.29, 1.82) is 0 Å². The fourth-order valence-electron chi connectivity index (χ4n) is 3.52. The molecule has 0 atom stereocenters.